The lowest BCUT2D eigenvalue weighted by Crippen LogP contribution is -2.30. The number of esters is 3. The van der Waals surface area contributed by atoms with Crippen LogP contribution in [-0.2, 0) is 42.2 Å². The second kappa shape index (κ2) is 54.1. The summed E-state index contributed by atoms with van der Waals surface area (Å²) in [5.74, 6) is -1.76. The molecule has 0 rings (SSSR count). The molecule has 0 fully saturated rings. The number of phosphoric acid groups is 1. The molecule has 2 N–H and O–H groups in total. The van der Waals surface area contributed by atoms with Crippen molar-refractivity contribution in [3.05, 3.63) is 170 Å². The fourth-order valence-electron chi connectivity index (χ4n) is 6.16. The van der Waals surface area contributed by atoms with Gasteiger partial charge >= 0.3 is 25.7 Å². The van der Waals surface area contributed by atoms with E-state index in [1.165, 1.54) is 0 Å². The molecule has 0 saturated carbocycles. The molecular weight excluding hydrogens is 952 g/mol. The van der Waals surface area contributed by atoms with Gasteiger partial charge in [-0.25, -0.2) is 4.57 Å². The van der Waals surface area contributed by atoms with E-state index in [1.54, 1.807) is 6.08 Å². The number of aliphatic hydroxyl groups excluding tert-OH is 1. The molecule has 0 aliphatic heterocycles. The molecule has 11 nitrogen and oxygen atoms in total. The molecule has 3 unspecified atom stereocenters. The Bertz CT molecular complexity index is 1890. The van der Waals surface area contributed by atoms with Crippen molar-refractivity contribution in [1.29, 1.82) is 0 Å². The third kappa shape index (κ3) is 51.7. The van der Waals surface area contributed by atoms with Gasteiger partial charge in [0.25, 0.3) is 0 Å². The molecule has 0 aromatic rings. The van der Waals surface area contributed by atoms with E-state index in [0.717, 1.165) is 96.3 Å². The van der Waals surface area contributed by atoms with Crippen molar-refractivity contribution in [1.82, 2.24) is 0 Å². The highest BCUT2D eigenvalue weighted by atomic mass is 31.2. The molecule has 0 aliphatic rings. The molecule has 12 heteroatoms. The maximum atomic E-state index is 12.9. The Labute approximate surface area is 447 Å². The van der Waals surface area contributed by atoms with Crippen LogP contribution in [0.4, 0.5) is 0 Å². The Morgan fingerprint density at radius 3 is 1.11 bits per heavy atom. The van der Waals surface area contributed by atoms with Crippen LogP contribution in [0, 0.1) is 0 Å². The first kappa shape index (κ1) is 68.8. The lowest BCUT2D eigenvalue weighted by atomic mass is 10.2. The van der Waals surface area contributed by atoms with Crippen molar-refractivity contribution in [3.8, 4) is 0 Å². The summed E-state index contributed by atoms with van der Waals surface area (Å²) in [5.41, 5.74) is 0. The minimum atomic E-state index is -4.81. The second-order valence-electron chi connectivity index (χ2n) is 16.9. The number of hydrogen-bond donors (Lipinski definition) is 2. The van der Waals surface area contributed by atoms with Crippen molar-refractivity contribution in [2.24, 2.45) is 0 Å². The standard InChI is InChI=1S/C62H93O11P/c1-4-7-10-13-16-19-22-25-28-29-32-33-36-39-42-45-48-51-60(64)69-55-59(73-62(66)53-50-47-44-41-38-35-31-27-24-21-18-15-12-9-6-3)57-71-74(67,68)70-56-58(54-63)72-61(65)52-49-46-43-40-37-34-30-26-23-20-17-14-11-8-5-2/h7-12,16-21,25-28,30-33,37-42,47,50,58-59,63H,4-6,13-15,22-24,29,34-36,43-46,48-49,51-57H2,1-3H3,(H,67,68)/b10-7-,11-8-,12-9-,19-16-,20-17-,21-18-,28-25-,30-26-,31-27-,33-32-,40-37-,41-38-,42-39-,50-47-. The molecule has 3 atom stereocenters. The van der Waals surface area contributed by atoms with Crippen LogP contribution in [0.2, 0.25) is 0 Å². The zero-order chi connectivity index (χ0) is 54.1. The van der Waals surface area contributed by atoms with Crippen molar-refractivity contribution >= 4 is 25.7 Å². The summed E-state index contributed by atoms with van der Waals surface area (Å²) in [6, 6.07) is 0. The Morgan fingerprint density at radius 2 is 0.716 bits per heavy atom. The highest BCUT2D eigenvalue weighted by Crippen LogP contribution is 2.43. The van der Waals surface area contributed by atoms with Gasteiger partial charge in [0.2, 0.25) is 0 Å². The van der Waals surface area contributed by atoms with E-state index in [9.17, 15) is 28.9 Å². The number of phosphoric ester groups is 1. The first-order valence-electron chi connectivity index (χ1n) is 27.0. The quantitative estimate of drug-likeness (QED) is 0.0197. The van der Waals surface area contributed by atoms with Gasteiger partial charge in [-0.05, 0) is 122 Å². The summed E-state index contributed by atoms with van der Waals surface area (Å²) in [6.45, 7) is 4.03. The van der Waals surface area contributed by atoms with Gasteiger partial charge in [0.05, 0.1) is 26.2 Å². The maximum Gasteiger partial charge on any atom is 0.472 e. The van der Waals surface area contributed by atoms with Crippen LogP contribution in [0.25, 0.3) is 0 Å². The highest BCUT2D eigenvalue weighted by Gasteiger charge is 2.28. The van der Waals surface area contributed by atoms with Gasteiger partial charge in [0.1, 0.15) is 12.7 Å². The topological polar surface area (TPSA) is 155 Å². The predicted molar refractivity (Wildman–Crippen MR) is 306 cm³/mol. The van der Waals surface area contributed by atoms with Crippen LogP contribution >= 0.6 is 7.82 Å². The van der Waals surface area contributed by atoms with Gasteiger partial charge in [-0.2, -0.15) is 0 Å². The van der Waals surface area contributed by atoms with Crippen molar-refractivity contribution in [2.75, 3.05) is 26.4 Å². The molecule has 0 spiro atoms. The zero-order valence-electron chi connectivity index (χ0n) is 45.2. The van der Waals surface area contributed by atoms with E-state index in [0.29, 0.717) is 25.7 Å². The Kier molecular flexibility index (Phi) is 50.3. The molecule has 0 heterocycles. The third-order valence-electron chi connectivity index (χ3n) is 10.1. The molecule has 0 aliphatic carbocycles. The number of rotatable bonds is 47. The van der Waals surface area contributed by atoms with E-state index < -0.39 is 64.4 Å². The number of carbonyl (C=O) groups excluding carboxylic acids is 3. The number of hydrogen-bond acceptors (Lipinski definition) is 10. The van der Waals surface area contributed by atoms with Gasteiger partial charge < -0.3 is 24.2 Å². The van der Waals surface area contributed by atoms with Gasteiger partial charge in [-0.1, -0.05) is 191 Å². The van der Waals surface area contributed by atoms with Crippen LogP contribution in [0.1, 0.15) is 162 Å². The number of ether oxygens (including phenoxy) is 3. The molecule has 0 saturated heterocycles. The van der Waals surface area contributed by atoms with Gasteiger partial charge in [-0.3, -0.25) is 23.4 Å². The number of unbranched alkanes of at least 4 members (excludes halogenated alkanes) is 3. The summed E-state index contributed by atoms with van der Waals surface area (Å²) in [4.78, 5) is 48.4. The minimum absolute atomic E-state index is 0.0908. The molecule has 0 aromatic heterocycles. The molecule has 0 amide bonds. The van der Waals surface area contributed by atoms with E-state index in [2.05, 4.69) is 154 Å². The molecule has 0 aromatic carbocycles. The SMILES string of the molecule is CC/C=C\C/C=C\C/C=C\C/C=C\C/C=C\CCCC(=O)OCC(COP(=O)(O)OCC(CO)OC(=O)CCCC/C=C\C/C=C\C/C=C\C/C=C\CC)OC(=O)C/C=C\C/C=C\C/C=C\C/C=C\C/C=C\CC. The van der Waals surface area contributed by atoms with Crippen molar-refractivity contribution < 1.29 is 52.2 Å². The molecule has 0 radical (unpaired) electrons. The maximum absolute atomic E-state index is 12.9. The Morgan fingerprint density at radius 1 is 0.392 bits per heavy atom. The lowest BCUT2D eigenvalue weighted by Gasteiger charge is -2.21. The van der Waals surface area contributed by atoms with Crippen LogP contribution in [0.3, 0.4) is 0 Å². The van der Waals surface area contributed by atoms with E-state index >= 15 is 0 Å². The fraction of sp³-hybridized carbons (Fsp3) is 0.500. The third-order valence-corrected chi connectivity index (χ3v) is 11.1. The highest BCUT2D eigenvalue weighted by molar-refractivity contribution is 7.47. The van der Waals surface area contributed by atoms with Crippen LogP contribution in [-0.4, -0.2) is 66.5 Å². The minimum Gasteiger partial charge on any atom is -0.462 e. The zero-order valence-corrected chi connectivity index (χ0v) is 46.1. The molecule has 412 valence electrons. The predicted octanol–water partition coefficient (Wildman–Crippen LogP) is 15.9. The monoisotopic (exact) mass is 1040 g/mol. The Hall–Kier alpha value is -5.16. The largest absolute Gasteiger partial charge is 0.472 e. The summed E-state index contributed by atoms with van der Waals surface area (Å²) in [6.07, 6.45) is 72.2. The number of aliphatic hydroxyl groups is 1. The van der Waals surface area contributed by atoms with E-state index in [1.807, 2.05) is 30.4 Å². The van der Waals surface area contributed by atoms with Gasteiger partial charge in [0, 0.05) is 12.8 Å². The smallest absolute Gasteiger partial charge is 0.462 e. The van der Waals surface area contributed by atoms with Crippen molar-refractivity contribution in [2.45, 2.75) is 174 Å². The summed E-state index contributed by atoms with van der Waals surface area (Å²) in [7, 11) is -4.81. The molecular formula is C62H93O11P. The van der Waals surface area contributed by atoms with E-state index in [-0.39, 0.29) is 19.3 Å². The van der Waals surface area contributed by atoms with Crippen LogP contribution in [0.15, 0.2) is 170 Å². The van der Waals surface area contributed by atoms with Crippen molar-refractivity contribution in [3.63, 3.8) is 0 Å². The average Bonchev–Trinajstić information content (AvgIpc) is 3.39. The number of allylic oxidation sites excluding steroid dienone is 27. The molecule has 74 heavy (non-hydrogen) atoms. The second-order valence-corrected chi connectivity index (χ2v) is 18.4. The van der Waals surface area contributed by atoms with E-state index in [4.69, 9.17) is 23.3 Å². The lowest BCUT2D eigenvalue weighted by molar-refractivity contribution is -0.160. The van der Waals surface area contributed by atoms with Crippen LogP contribution < -0.4 is 0 Å². The summed E-state index contributed by atoms with van der Waals surface area (Å²) < 4.78 is 39.2. The van der Waals surface area contributed by atoms with Gasteiger partial charge in [-0.15, -0.1) is 0 Å². The summed E-state index contributed by atoms with van der Waals surface area (Å²) in [5, 5.41) is 9.79. The summed E-state index contributed by atoms with van der Waals surface area (Å²) >= 11 is 0. The first-order valence-corrected chi connectivity index (χ1v) is 28.5. The molecule has 0 bridgehead atoms. The average molecular weight is 1050 g/mol. The Balaban J connectivity index is 5.00. The first-order chi connectivity index (χ1) is 36.2. The van der Waals surface area contributed by atoms with Gasteiger partial charge in [0.15, 0.2) is 6.10 Å². The normalized spacial score (nSPS) is 14.7. The number of carbonyl (C=O) groups is 3. The fourth-order valence-corrected chi connectivity index (χ4v) is 6.95. The van der Waals surface area contributed by atoms with Crippen LogP contribution in [0.5, 0.6) is 0 Å².